The minimum absolute atomic E-state index is 0.782. The minimum Gasteiger partial charge on any atom is -0.386 e. The second-order valence-electron chi connectivity index (χ2n) is 6.19. The molecule has 1 atom stereocenters. The zero-order valence-corrected chi connectivity index (χ0v) is 15.1. The van der Waals surface area contributed by atoms with Crippen LogP contribution in [0.2, 0.25) is 0 Å². The molecule has 134 valence electrons. The first-order valence-corrected chi connectivity index (χ1v) is 8.65. The average molecular weight is 348 g/mol. The molecular formula is C23H24O3. The second kappa shape index (κ2) is 8.28. The Morgan fingerprint density at radius 2 is 0.923 bits per heavy atom. The Kier molecular flexibility index (Phi) is 5.84. The van der Waals surface area contributed by atoms with Crippen molar-refractivity contribution < 1.29 is 14.6 Å². The van der Waals surface area contributed by atoms with E-state index < -0.39 is 17.8 Å². The Morgan fingerprint density at radius 3 is 1.19 bits per heavy atom. The maximum atomic E-state index is 11.5. The van der Waals surface area contributed by atoms with Crippen molar-refractivity contribution in [1.29, 1.82) is 0 Å². The average Bonchev–Trinajstić information content (AvgIpc) is 2.72. The Labute approximate surface area is 154 Å². The molecule has 0 aromatic heterocycles. The maximum absolute atomic E-state index is 11.5. The number of benzene rings is 3. The molecule has 0 aliphatic heterocycles. The highest BCUT2D eigenvalue weighted by Gasteiger charge is 2.47. The minimum atomic E-state index is -0.954. The number of hydrogen-bond acceptors (Lipinski definition) is 3. The monoisotopic (exact) mass is 348 g/mol. The predicted molar refractivity (Wildman–Crippen MR) is 103 cm³/mol. The van der Waals surface area contributed by atoms with Gasteiger partial charge in [0, 0.05) is 14.2 Å². The van der Waals surface area contributed by atoms with Crippen LogP contribution in [0.5, 0.6) is 0 Å². The fourth-order valence-electron chi connectivity index (χ4n) is 3.67. The summed E-state index contributed by atoms with van der Waals surface area (Å²) in [5.41, 5.74) is 2.09. The fraction of sp³-hybridized carbons (Fsp3) is 0.217. The van der Waals surface area contributed by atoms with Gasteiger partial charge in [0.2, 0.25) is 0 Å². The van der Waals surface area contributed by atoms with Gasteiger partial charge in [-0.1, -0.05) is 91.0 Å². The number of ether oxygens (including phenoxy) is 2. The van der Waals surface area contributed by atoms with E-state index in [4.69, 9.17) is 9.47 Å². The zero-order chi connectivity index (χ0) is 18.4. The van der Waals surface area contributed by atoms with E-state index in [0.29, 0.717) is 0 Å². The molecule has 3 aromatic carbocycles. The number of methoxy groups -OCH3 is 2. The molecule has 1 N–H and O–H groups in total. The van der Waals surface area contributed by atoms with E-state index in [1.54, 1.807) is 14.2 Å². The molecule has 0 heterocycles. The van der Waals surface area contributed by atoms with E-state index in [9.17, 15) is 5.11 Å². The topological polar surface area (TPSA) is 38.7 Å². The number of rotatable bonds is 7. The first kappa shape index (κ1) is 18.3. The summed E-state index contributed by atoms with van der Waals surface area (Å²) in [6.07, 6.45) is -1.74. The molecule has 3 heteroatoms. The van der Waals surface area contributed by atoms with E-state index in [-0.39, 0.29) is 0 Å². The summed E-state index contributed by atoms with van der Waals surface area (Å²) >= 11 is 0. The van der Waals surface area contributed by atoms with Gasteiger partial charge in [-0.15, -0.1) is 0 Å². The van der Waals surface area contributed by atoms with Crippen LogP contribution in [0.4, 0.5) is 0 Å². The van der Waals surface area contributed by atoms with Crippen LogP contribution in [0.15, 0.2) is 91.0 Å². The summed E-state index contributed by atoms with van der Waals surface area (Å²) in [6.45, 7) is 0. The molecule has 26 heavy (non-hydrogen) atoms. The van der Waals surface area contributed by atoms with Crippen molar-refractivity contribution in [2.45, 2.75) is 17.8 Å². The largest absolute Gasteiger partial charge is 0.386 e. The summed E-state index contributed by atoms with van der Waals surface area (Å²) in [4.78, 5) is 0. The van der Waals surface area contributed by atoms with Gasteiger partial charge in [0.15, 0.2) is 6.29 Å². The highest BCUT2D eigenvalue weighted by atomic mass is 16.7. The molecule has 0 amide bonds. The molecule has 0 saturated carbocycles. The summed E-state index contributed by atoms with van der Waals surface area (Å²) < 4.78 is 10.9. The van der Waals surface area contributed by atoms with Gasteiger partial charge in [-0.05, 0) is 16.7 Å². The lowest BCUT2D eigenvalue weighted by Gasteiger charge is -2.42. The quantitative estimate of drug-likeness (QED) is 0.518. The van der Waals surface area contributed by atoms with Gasteiger partial charge < -0.3 is 14.6 Å². The van der Waals surface area contributed by atoms with E-state index in [1.165, 1.54) is 0 Å². The van der Waals surface area contributed by atoms with Crippen LogP contribution in [0.25, 0.3) is 0 Å². The summed E-state index contributed by atoms with van der Waals surface area (Å²) in [6, 6.07) is 30.0. The van der Waals surface area contributed by atoms with Gasteiger partial charge in [-0.3, -0.25) is 0 Å². The van der Waals surface area contributed by atoms with Crippen molar-refractivity contribution >= 4 is 0 Å². The van der Waals surface area contributed by atoms with E-state index in [1.807, 2.05) is 91.0 Å². The molecule has 0 saturated heterocycles. The van der Waals surface area contributed by atoms with Gasteiger partial charge in [-0.25, -0.2) is 0 Å². The van der Waals surface area contributed by atoms with Crippen molar-refractivity contribution in [3.8, 4) is 0 Å². The van der Waals surface area contributed by atoms with Crippen molar-refractivity contribution in [1.82, 2.24) is 0 Å². The highest BCUT2D eigenvalue weighted by Crippen LogP contribution is 2.43. The lowest BCUT2D eigenvalue weighted by Crippen LogP contribution is -2.49. The number of aliphatic hydroxyl groups excluding tert-OH is 1. The Morgan fingerprint density at radius 1 is 0.615 bits per heavy atom. The van der Waals surface area contributed by atoms with Gasteiger partial charge >= 0.3 is 0 Å². The fourth-order valence-corrected chi connectivity index (χ4v) is 3.67. The Hall–Kier alpha value is -2.46. The highest BCUT2D eigenvalue weighted by molar-refractivity contribution is 5.52. The molecule has 3 aromatic rings. The zero-order valence-electron chi connectivity index (χ0n) is 15.1. The van der Waals surface area contributed by atoms with Gasteiger partial charge in [-0.2, -0.15) is 0 Å². The molecule has 3 nitrogen and oxygen atoms in total. The van der Waals surface area contributed by atoms with Crippen molar-refractivity contribution in [2.75, 3.05) is 14.2 Å². The SMILES string of the molecule is COC(OC)C(O)C(c1ccccc1)(c1ccccc1)c1ccccc1. The smallest absolute Gasteiger partial charge is 0.184 e. The molecule has 0 fully saturated rings. The van der Waals surface area contributed by atoms with Crippen LogP contribution in [0, 0.1) is 0 Å². The van der Waals surface area contributed by atoms with E-state index >= 15 is 0 Å². The van der Waals surface area contributed by atoms with Crippen LogP contribution in [-0.2, 0) is 14.9 Å². The lowest BCUT2D eigenvalue weighted by atomic mass is 9.65. The first-order chi connectivity index (χ1) is 12.7. The molecule has 0 aliphatic rings. The molecule has 0 radical (unpaired) electrons. The van der Waals surface area contributed by atoms with Gasteiger partial charge in [0.25, 0.3) is 0 Å². The normalized spacial score (nSPS) is 12.9. The summed E-state index contributed by atoms with van der Waals surface area (Å²) in [5, 5.41) is 11.5. The third-order valence-corrected chi connectivity index (χ3v) is 4.85. The van der Waals surface area contributed by atoms with Crippen LogP contribution in [0.1, 0.15) is 16.7 Å². The van der Waals surface area contributed by atoms with E-state index in [0.717, 1.165) is 16.7 Å². The van der Waals surface area contributed by atoms with Gasteiger partial charge in [0.1, 0.15) is 6.10 Å². The van der Waals surface area contributed by atoms with Crippen LogP contribution < -0.4 is 0 Å². The summed E-state index contributed by atoms with van der Waals surface area (Å²) in [7, 11) is 3.09. The Balaban J connectivity index is 2.35. The molecular weight excluding hydrogens is 324 g/mol. The maximum Gasteiger partial charge on any atom is 0.184 e. The molecule has 0 aliphatic carbocycles. The third kappa shape index (κ3) is 3.17. The van der Waals surface area contributed by atoms with Gasteiger partial charge in [0.05, 0.1) is 5.41 Å². The second-order valence-corrected chi connectivity index (χ2v) is 6.19. The number of hydrogen-bond donors (Lipinski definition) is 1. The Bertz CT molecular complexity index is 687. The summed E-state index contributed by atoms with van der Waals surface area (Å²) in [5.74, 6) is 0. The molecule has 3 rings (SSSR count). The van der Waals surface area contributed by atoms with Crippen LogP contribution in [-0.4, -0.2) is 31.7 Å². The standard InChI is InChI=1S/C23H24O3/c1-25-22(26-2)21(24)23(18-12-6-3-7-13-18,19-14-8-4-9-15-19)20-16-10-5-11-17-20/h3-17,21-22,24H,1-2H3. The first-order valence-electron chi connectivity index (χ1n) is 8.65. The predicted octanol–water partition coefficient (Wildman–Crippen LogP) is 4.00. The van der Waals surface area contributed by atoms with Crippen LogP contribution in [0.3, 0.4) is 0 Å². The van der Waals surface area contributed by atoms with Crippen LogP contribution >= 0.6 is 0 Å². The molecule has 0 spiro atoms. The van der Waals surface area contributed by atoms with Crippen molar-refractivity contribution in [3.05, 3.63) is 108 Å². The van der Waals surface area contributed by atoms with Crippen molar-refractivity contribution in [2.24, 2.45) is 0 Å². The van der Waals surface area contributed by atoms with Crippen molar-refractivity contribution in [3.63, 3.8) is 0 Å². The third-order valence-electron chi connectivity index (χ3n) is 4.85. The lowest BCUT2D eigenvalue weighted by molar-refractivity contribution is -0.175. The number of aliphatic hydroxyl groups is 1. The molecule has 1 unspecified atom stereocenters. The van der Waals surface area contributed by atoms with E-state index in [2.05, 4.69) is 0 Å². The molecule has 0 bridgehead atoms.